The molecule has 0 saturated heterocycles. The molecule has 0 saturated carbocycles. The molecule has 0 spiro atoms. The molecule has 2 heterocycles. The van der Waals surface area contributed by atoms with Crippen molar-refractivity contribution in [1.82, 2.24) is 9.88 Å². The molecule has 1 aliphatic rings. The van der Waals surface area contributed by atoms with Gasteiger partial charge >= 0.3 is 5.97 Å². The molecule has 4 rings (SSSR count). The number of esters is 1. The first-order valence-corrected chi connectivity index (χ1v) is 11.7. The second-order valence-corrected chi connectivity index (χ2v) is 8.96. The van der Waals surface area contributed by atoms with Crippen LogP contribution < -0.4 is 5.32 Å². The number of aromatic nitrogens is 1. The van der Waals surface area contributed by atoms with E-state index in [1.807, 2.05) is 24.3 Å². The summed E-state index contributed by atoms with van der Waals surface area (Å²) in [6.07, 6.45) is 0.758. The summed E-state index contributed by atoms with van der Waals surface area (Å²) < 4.78 is 5.64. The largest absolute Gasteiger partial charge is 0.449 e. The normalized spacial score (nSPS) is 14.5. The maximum atomic E-state index is 13.4. The van der Waals surface area contributed by atoms with Gasteiger partial charge in [0.1, 0.15) is 0 Å². The van der Waals surface area contributed by atoms with Gasteiger partial charge in [-0.05, 0) is 44.2 Å². The lowest BCUT2D eigenvalue weighted by atomic mass is 9.95. The van der Waals surface area contributed by atoms with Crippen molar-refractivity contribution in [3.05, 3.63) is 69.3 Å². The molecule has 1 amide bonds. The number of carbonyl (C=O) groups excluding carboxylic acids is 2. The van der Waals surface area contributed by atoms with Crippen molar-refractivity contribution in [3.8, 4) is 0 Å². The summed E-state index contributed by atoms with van der Waals surface area (Å²) in [7, 11) is 0. The van der Waals surface area contributed by atoms with Crippen LogP contribution in [0.3, 0.4) is 0 Å². The molecule has 1 aromatic heterocycles. The standard InChI is InChI=1S/C25H25Cl2N3O3/c1-3-11-30-12-10-21-18(14-30)23(17-6-4-5-7-20(17)28-21)25(32)33-15(2)24(31)29-22-13-16(26)8-9-19(22)27/h4-9,13,15H,3,10-12,14H2,1-2H3,(H,29,31). The van der Waals surface area contributed by atoms with Gasteiger partial charge in [-0.3, -0.25) is 14.7 Å². The van der Waals surface area contributed by atoms with Crippen LogP contribution in [0.4, 0.5) is 5.69 Å². The third-order valence-corrected chi connectivity index (χ3v) is 6.27. The minimum Gasteiger partial charge on any atom is -0.449 e. The van der Waals surface area contributed by atoms with E-state index in [0.717, 1.165) is 48.1 Å². The fraction of sp³-hybridized carbons (Fsp3) is 0.320. The Balaban J connectivity index is 1.61. The molecule has 33 heavy (non-hydrogen) atoms. The van der Waals surface area contributed by atoms with Crippen molar-refractivity contribution in [2.75, 3.05) is 18.4 Å². The number of nitrogens with zero attached hydrogens (tertiary/aromatic N) is 2. The van der Waals surface area contributed by atoms with Gasteiger partial charge in [0.05, 0.1) is 21.8 Å². The van der Waals surface area contributed by atoms with Crippen molar-refractivity contribution in [2.24, 2.45) is 0 Å². The molecular formula is C25H25Cl2N3O3. The Labute approximate surface area is 202 Å². The number of amides is 1. The third-order valence-electron chi connectivity index (χ3n) is 5.71. The highest BCUT2D eigenvalue weighted by molar-refractivity contribution is 6.35. The number of pyridine rings is 1. The zero-order valence-corrected chi connectivity index (χ0v) is 20.0. The average Bonchev–Trinajstić information content (AvgIpc) is 2.80. The lowest BCUT2D eigenvalue weighted by Gasteiger charge is -2.29. The van der Waals surface area contributed by atoms with Gasteiger partial charge in [0, 0.05) is 41.2 Å². The second-order valence-electron chi connectivity index (χ2n) is 8.12. The van der Waals surface area contributed by atoms with Gasteiger partial charge in [0.2, 0.25) is 0 Å². The third kappa shape index (κ3) is 5.13. The van der Waals surface area contributed by atoms with E-state index >= 15 is 0 Å². The second kappa shape index (κ2) is 10.1. The number of carbonyl (C=O) groups is 2. The van der Waals surface area contributed by atoms with E-state index in [2.05, 4.69) is 17.1 Å². The van der Waals surface area contributed by atoms with E-state index in [1.165, 1.54) is 6.92 Å². The molecule has 2 aromatic carbocycles. The Bertz CT molecular complexity index is 1210. The van der Waals surface area contributed by atoms with Gasteiger partial charge in [-0.1, -0.05) is 48.3 Å². The molecule has 172 valence electrons. The smallest absolute Gasteiger partial charge is 0.339 e. The quantitative estimate of drug-likeness (QED) is 0.467. The first kappa shape index (κ1) is 23.5. The number of para-hydroxylation sites is 1. The summed E-state index contributed by atoms with van der Waals surface area (Å²) in [5, 5.41) is 4.18. The van der Waals surface area contributed by atoms with Gasteiger partial charge < -0.3 is 10.1 Å². The Kier molecular flexibility index (Phi) is 7.17. The van der Waals surface area contributed by atoms with Crippen LogP contribution in [-0.4, -0.2) is 41.0 Å². The van der Waals surface area contributed by atoms with Crippen molar-refractivity contribution in [1.29, 1.82) is 0 Å². The van der Waals surface area contributed by atoms with E-state index in [-0.39, 0.29) is 0 Å². The molecule has 6 nitrogen and oxygen atoms in total. The topological polar surface area (TPSA) is 71.5 Å². The van der Waals surface area contributed by atoms with Gasteiger partial charge in [0.15, 0.2) is 6.10 Å². The van der Waals surface area contributed by atoms with Crippen molar-refractivity contribution in [3.63, 3.8) is 0 Å². The van der Waals surface area contributed by atoms with Crippen LogP contribution in [0.15, 0.2) is 42.5 Å². The van der Waals surface area contributed by atoms with E-state index in [4.69, 9.17) is 32.9 Å². The van der Waals surface area contributed by atoms with Crippen LogP contribution >= 0.6 is 23.2 Å². The number of rotatable bonds is 6. The molecule has 3 aromatic rings. The van der Waals surface area contributed by atoms with Gasteiger partial charge in [-0.25, -0.2) is 4.79 Å². The number of ether oxygens (including phenoxy) is 1. The molecule has 0 fully saturated rings. The maximum Gasteiger partial charge on any atom is 0.339 e. The molecule has 0 bridgehead atoms. The predicted octanol–water partition coefficient (Wildman–Crippen LogP) is 5.49. The minimum atomic E-state index is -1.04. The summed E-state index contributed by atoms with van der Waals surface area (Å²) in [6.45, 7) is 6.14. The summed E-state index contributed by atoms with van der Waals surface area (Å²) in [5.74, 6) is -1.03. The molecule has 1 aliphatic heterocycles. The summed E-state index contributed by atoms with van der Waals surface area (Å²) in [4.78, 5) is 33.2. The van der Waals surface area contributed by atoms with Crippen LogP contribution in [0.5, 0.6) is 0 Å². The Morgan fingerprint density at radius 2 is 2.00 bits per heavy atom. The van der Waals surface area contributed by atoms with Crippen LogP contribution in [0.1, 0.15) is 41.9 Å². The van der Waals surface area contributed by atoms with Crippen LogP contribution in [-0.2, 0) is 22.5 Å². The number of hydrogen-bond donors (Lipinski definition) is 1. The summed E-state index contributed by atoms with van der Waals surface area (Å²) in [6, 6.07) is 12.3. The first-order chi connectivity index (χ1) is 15.9. The van der Waals surface area contributed by atoms with Crippen molar-refractivity contribution < 1.29 is 14.3 Å². The van der Waals surface area contributed by atoms with Crippen molar-refractivity contribution >= 4 is 51.7 Å². The molecule has 0 radical (unpaired) electrons. The molecule has 1 atom stereocenters. The van der Waals surface area contributed by atoms with E-state index in [1.54, 1.807) is 18.2 Å². The molecular weight excluding hydrogens is 461 g/mol. The Morgan fingerprint density at radius 1 is 1.21 bits per heavy atom. The van der Waals surface area contributed by atoms with Crippen LogP contribution in [0.25, 0.3) is 10.9 Å². The number of nitrogens with one attached hydrogen (secondary N) is 1. The van der Waals surface area contributed by atoms with Crippen LogP contribution in [0.2, 0.25) is 10.0 Å². The average molecular weight is 486 g/mol. The summed E-state index contributed by atoms with van der Waals surface area (Å²) >= 11 is 12.1. The molecule has 1 unspecified atom stereocenters. The Hall–Kier alpha value is -2.67. The molecule has 0 aliphatic carbocycles. The highest BCUT2D eigenvalue weighted by Gasteiger charge is 2.28. The van der Waals surface area contributed by atoms with Gasteiger partial charge in [-0.15, -0.1) is 0 Å². The first-order valence-electron chi connectivity index (χ1n) is 11.0. The van der Waals surface area contributed by atoms with Crippen molar-refractivity contribution in [2.45, 2.75) is 39.3 Å². The highest BCUT2D eigenvalue weighted by atomic mass is 35.5. The van der Waals surface area contributed by atoms with Gasteiger partial charge in [-0.2, -0.15) is 0 Å². The number of anilines is 1. The molecule has 1 N–H and O–H groups in total. The zero-order chi connectivity index (χ0) is 23.5. The van der Waals surface area contributed by atoms with Gasteiger partial charge in [0.25, 0.3) is 5.91 Å². The van der Waals surface area contributed by atoms with E-state index in [0.29, 0.717) is 27.8 Å². The zero-order valence-electron chi connectivity index (χ0n) is 18.5. The fourth-order valence-corrected chi connectivity index (χ4v) is 4.42. The lowest BCUT2D eigenvalue weighted by molar-refractivity contribution is -0.123. The van der Waals surface area contributed by atoms with E-state index in [9.17, 15) is 9.59 Å². The fourth-order valence-electron chi connectivity index (χ4n) is 4.09. The minimum absolute atomic E-state index is 0.344. The monoisotopic (exact) mass is 485 g/mol. The number of benzene rings is 2. The number of fused-ring (bicyclic) bond motifs is 2. The number of halogens is 2. The van der Waals surface area contributed by atoms with Crippen LogP contribution in [0, 0.1) is 0 Å². The number of hydrogen-bond acceptors (Lipinski definition) is 5. The SMILES string of the molecule is CCCN1CCc2nc3ccccc3c(C(=O)OC(C)C(=O)Nc3cc(Cl)ccc3Cl)c2C1. The maximum absolute atomic E-state index is 13.4. The predicted molar refractivity (Wildman–Crippen MR) is 131 cm³/mol. The Morgan fingerprint density at radius 3 is 2.79 bits per heavy atom. The molecule has 8 heteroatoms. The van der Waals surface area contributed by atoms with E-state index < -0.39 is 18.0 Å². The highest BCUT2D eigenvalue weighted by Crippen LogP contribution is 2.30. The summed E-state index contributed by atoms with van der Waals surface area (Å²) in [5.41, 5.74) is 3.38. The lowest BCUT2D eigenvalue weighted by Crippen LogP contribution is -2.34.